The number of rotatable bonds is 38. The molecular formula is C48H71N5O15. The van der Waals surface area contributed by atoms with E-state index >= 15 is 0 Å². The highest BCUT2D eigenvalue weighted by molar-refractivity contribution is 5.95. The van der Waals surface area contributed by atoms with Crippen molar-refractivity contribution >= 4 is 70.2 Å². The molecule has 1 aromatic rings. The molecule has 0 bridgehead atoms. The van der Waals surface area contributed by atoms with Crippen LogP contribution in [-0.2, 0) is 73.4 Å². The number of carboxylic acid groups (broad SMARTS) is 1. The van der Waals surface area contributed by atoms with E-state index in [9.17, 15) is 62.6 Å². The highest BCUT2D eigenvalue weighted by Crippen LogP contribution is 2.18. The molecular weight excluding hydrogens is 887 g/mol. The molecule has 0 saturated carbocycles. The van der Waals surface area contributed by atoms with Crippen molar-refractivity contribution in [3.05, 3.63) is 35.9 Å². The molecule has 0 aromatic heterocycles. The summed E-state index contributed by atoms with van der Waals surface area (Å²) in [5, 5.41) is 22.0. The standard InChI is InChI=1S/C48H71N5O15/c1-7-67-21-22-68-29-46(63)49-27-38(58)26-36(24-34-11-9-8-10-12-34)47(64)53-41(23-30(2)3)42(59)18-20-44(61)52-40(48(65)66)17-19-43(60)50-28-45(62)51-39(33(6)56)16-15-37(57)25-35(32(5)55)14-13-31(4)54/h8-12,30,35-36,39-41H,7,13-29H2,1-6H3,(H,49,63)(H,50,60)(H,51,62)(H,52,61)(H,53,64)(H,65,66). The van der Waals surface area contributed by atoms with Gasteiger partial charge in [-0.25, -0.2) is 4.79 Å². The average Bonchev–Trinajstić information content (AvgIpc) is 3.27. The third kappa shape index (κ3) is 27.6. The van der Waals surface area contributed by atoms with Crippen LogP contribution in [0.5, 0.6) is 0 Å². The minimum Gasteiger partial charge on any atom is -0.480 e. The van der Waals surface area contributed by atoms with E-state index in [1.54, 1.807) is 30.3 Å². The van der Waals surface area contributed by atoms with Crippen molar-refractivity contribution in [3.8, 4) is 0 Å². The monoisotopic (exact) mass is 957 g/mol. The Bertz CT molecular complexity index is 1890. The molecule has 0 aliphatic heterocycles. The molecule has 20 nitrogen and oxygen atoms in total. The summed E-state index contributed by atoms with van der Waals surface area (Å²) >= 11 is 0. The number of carbonyl (C=O) groups excluding carboxylic acids is 11. The molecule has 0 radical (unpaired) electrons. The lowest BCUT2D eigenvalue weighted by molar-refractivity contribution is -0.142. The third-order valence-electron chi connectivity index (χ3n) is 10.6. The lowest BCUT2D eigenvalue weighted by Crippen LogP contribution is -2.46. The zero-order chi connectivity index (χ0) is 51.2. The number of aliphatic carboxylic acids is 1. The van der Waals surface area contributed by atoms with Crippen molar-refractivity contribution in [1.29, 1.82) is 0 Å². The van der Waals surface area contributed by atoms with Crippen molar-refractivity contribution in [2.24, 2.45) is 17.8 Å². The van der Waals surface area contributed by atoms with Gasteiger partial charge in [0.1, 0.15) is 30.0 Å². The summed E-state index contributed by atoms with van der Waals surface area (Å²) in [5.41, 5.74) is 0.758. The van der Waals surface area contributed by atoms with Crippen LogP contribution in [0, 0.1) is 17.8 Å². The van der Waals surface area contributed by atoms with Crippen molar-refractivity contribution in [1.82, 2.24) is 26.6 Å². The van der Waals surface area contributed by atoms with Crippen LogP contribution < -0.4 is 26.6 Å². The predicted octanol–water partition coefficient (Wildman–Crippen LogP) is 1.71. The highest BCUT2D eigenvalue weighted by Gasteiger charge is 2.30. The van der Waals surface area contributed by atoms with E-state index in [4.69, 9.17) is 9.47 Å². The van der Waals surface area contributed by atoms with E-state index in [-0.39, 0.29) is 107 Å². The molecule has 0 fully saturated rings. The zero-order valence-corrected chi connectivity index (χ0v) is 40.2. The second kappa shape index (κ2) is 33.5. The predicted molar refractivity (Wildman–Crippen MR) is 247 cm³/mol. The Balaban J connectivity index is 2.76. The maximum Gasteiger partial charge on any atom is 0.326 e. The molecule has 1 rings (SSSR count). The maximum absolute atomic E-state index is 13.7. The number of amides is 5. The van der Waals surface area contributed by atoms with Gasteiger partial charge in [0, 0.05) is 63.4 Å². The minimum atomic E-state index is -1.54. The van der Waals surface area contributed by atoms with E-state index in [2.05, 4.69) is 26.6 Å². The van der Waals surface area contributed by atoms with Gasteiger partial charge in [-0.15, -0.1) is 0 Å². The van der Waals surface area contributed by atoms with Gasteiger partial charge in [-0.1, -0.05) is 44.2 Å². The SMILES string of the molecule is CCOCCOCC(=O)NCC(=O)CC(Cc1ccccc1)C(=O)NC(CC(C)C)C(=O)CCC(=O)NC(CCC(=O)NCC(=O)NC(CCC(=O)CC(CCC(C)=O)C(C)=O)C(C)=O)C(=O)O. The fourth-order valence-electron chi connectivity index (χ4n) is 6.82. The molecule has 0 heterocycles. The first-order chi connectivity index (χ1) is 32.1. The Morgan fingerprint density at radius 3 is 1.81 bits per heavy atom. The Morgan fingerprint density at radius 2 is 1.21 bits per heavy atom. The minimum absolute atomic E-state index is 0.0573. The van der Waals surface area contributed by atoms with E-state index in [1.807, 2.05) is 20.8 Å². The number of Topliss-reactive ketones (excluding diaryl/α,β-unsaturated/α-hetero) is 6. The van der Waals surface area contributed by atoms with Crippen LogP contribution in [0.1, 0.15) is 118 Å². The lowest BCUT2D eigenvalue weighted by atomic mass is 9.90. The molecule has 0 aliphatic rings. The first-order valence-corrected chi connectivity index (χ1v) is 23.0. The Labute approximate surface area is 397 Å². The molecule has 5 atom stereocenters. The molecule has 5 unspecified atom stereocenters. The normalized spacial score (nSPS) is 13.2. The summed E-state index contributed by atoms with van der Waals surface area (Å²) in [5.74, 6) is -8.55. The molecule has 6 N–H and O–H groups in total. The van der Waals surface area contributed by atoms with Crippen LogP contribution in [-0.4, -0.2) is 133 Å². The van der Waals surface area contributed by atoms with Gasteiger partial charge in [0.05, 0.1) is 38.4 Å². The fourth-order valence-corrected chi connectivity index (χ4v) is 6.82. The largest absolute Gasteiger partial charge is 0.480 e. The van der Waals surface area contributed by atoms with Crippen molar-refractivity contribution < 1.29 is 72.1 Å². The van der Waals surface area contributed by atoms with Crippen LogP contribution in [0.3, 0.4) is 0 Å². The zero-order valence-electron chi connectivity index (χ0n) is 40.2. The maximum atomic E-state index is 13.7. The van der Waals surface area contributed by atoms with Crippen LogP contribution in [0.15, 0.2) is 30.3 Å². The highest BCUT2D eigenvalue weighted by atomic mass is 16.5. The van der Waals surface area contributed by atoms with Crippen LogP contribution >= 0.6 is 0 Å². The first kappa shape index (κ1) is 60.0. The Hall–Kier alpha value is -6.02. The first-order valence-electron chi connectivity index (χ1n) is 23.0. The van der Waals surface area contributed by atoms with Crippen LogP contribution in [0.25, 0.3) is 0 Å². The van der Waals surface area contributed by atoms with E-state index in [0.29, 0.717) is 13.2 Å². The third-order valence-corrected chi connectivity index (χ3v) is 10.6. The molecule has 0 saturated heterocycles. The smallest absolute Gasteiger partial charge is 0.326 e. The number of ketones is 6. The number of benzene rings is 1. The lowest BCUT2D eigenvalue weighted by Gasteiger charge is -2.23. The van der Waals surface area contributed by atoms with Gasteiger partial charge in [0.25, 0.3) is 0 Å². The summed E-state index contributed by atoms with van der Waals surface area (Å²) in [6.45, 7) is 9.23. The second-order valence-electron chi connectivity index (χ2n) is 17.1. The van der Waals surface area contributed by atoms with E-state index < -0.39 is 102 Å². The number of carboxylic acids is 1. The molecule has 378 valence electrons. The molecule has 1 aromatic carbocycles. The molecule has 20 heteroatoms. The number of nitrogens with one attached hydrogen (secondary N) is 5. The number of carbonyl (C=O) groups is 12. The average molecular weight is 958 g/mol. The summed E-state index contributed by atoms with van der Waals surface area (Å²) in [4.78, 5) is 150. The number of ether oxygens (including phenoxy) is 2. The van der Waals surface area contributed by atoms with E-state index in [0.717, 1.165) is 5.56 Å². The van der Waals surface area contributed by atoms with Gasteiger partial charge in [-0.05, 0) is 71.3 Å². The fraction of sp³-hybridized carbons (Fsp3) is 0.625. The quantitative estimate of drug-likeness (QED) is 0.0514. The summed E-state index contributed by atoms with van der Waals surface area (Å²) in [6.07, 6.45) is -1.43. The van der Waals surface area contributed by atoms with Crippen molar-refractivity contribution in [3.63, 3.8) is 0 Å². The van der Waals surface area contributed by atoms with Crippen LogP contribution in [0.4, 0.5) is 0 Å². The topological polar surface area (TPSA) is 304 Å². The van der Waals surface area contributed by atoms with Crippen molar-refractivity contribution in [2.45, 2.75) is 137 Å². The summed E-state index contributed by atoms with van der Waals surface area (Å²) in [6, 6.07) is 5.28. The van der Waals surface area contributed by atoms with Gasteiger partial charge in [0.15, 0.2) is 17.3 Å². The van der Waals surface area contributed by atoms with Gasteiger partial charge in [0.2, 0.25) is 29.5 Å². The van der Waals surface area contributed by atoms with Gasteiger partial charge >= 0.3 is 5.97 Å². The Kier molecular flexibility index (Phi) is 29.5. The molecule has 0 spiro atoms. The molecule has 68 heavy (non-hydrogen) atoms. The van der Waals surface area contributed by atoms with Gasteiger partial charge in [-0.2, -0.15) is 0 Å². The summed E-state index contributed by atoms with van der Waals surface area (Å²) in [7, 11) is 0. The van der Waals surface area contributed by atoms with E-state index in [1.165, 1.54) is 20.8 Å². The number of hydrogen-bond donors (Lipinski definition) is 6. The molecule has 0 aliphatic carbocycles. The van der Waals surface area contributed by atoms with Gasteiger partial charge in [-0.3, -0.25) is 47.9 Å². The van der Waals surface area contributed by atoms with Crippen molar-refractivity contribution in [2.75, 3.05) is 39.5 Å². The Morgan fingerprint density at radius 1 is 0.588 bits per heavy atom. The number of hydrogen-bond acceptors (Lipinski definition) is 14. The second-order valence-corrected chi connectivity index (χ2v) is 17.1. The van der Waals surface area contributed by atoms with Crippen LogP contribution in [0.2, 0.25) is 0 Å². The summed E-state index contributed by atoms with van der Waals surface area (Å²) < 4.78 is 10.4. The van der Waals surface area contributed by atoms with Gasteiger partial charge < -0.3 is 46.0 Å². The molecule has 5 amide bonds.